The molecule has 0 spiro atoms. The van der Waals surface area contributed by atoms with Gasteiger partial charge in [-0.2, -0.15) is 0 Å². The normalized spacial score (nSPS) is 33.4. The lowest BCUT2D eigenvalue weighted by Gasteiger charge is -2.48. The Morgan fingerprint density at radius 2 is 2.22 bits per heavy atom. The molecule has 2 atom stereocenters. The summed E-state index contributed by atoms with van der Waals surface area (Å²) in [7, 11) is 2.07. The first-order valence-electron chi connectivity index (χ1n) is 6.31. The fourth-order valence-corrected chi connectivity index (χ4v) is 3.43. The van der Waals surface area contributed by atoms with Crippen molar-refractivity contribution in [2.75, 3.05) is 13.6 Å². The average Bonchev–Trinajstić information content (AvgIpc) is 2.35. The largest absolute Gasteiger partial charge is 0.508 e. The maximum atomic E-state index is 9.70. The highest BCUT2D eigenvalue weighted by molar-refractivity contribution is 6.01. The van der Waals surface area contributed by atoms with E-state index in [9.17, 15) is 10.3 Å². The highest BCUT2D eigenvalue weighted by Crippen LogP contribution is 2.43. The molecule has 0 amide bonds. The van der Waals surface area contributed by atoms with Crippen LogP contribution in [0.2, 0.25) is 0 Å². The van der Waals surface area contributed by atoms with Crippen LogP contribution >= 0.6 is 0 Å². The second kappa shape index (κ2) is 3.72. The van der Waals surface area contributed by atoms with Crippen molar-refractivity contribution in [3.63, 3.8) is 0 Å². The number of piperidine rings is 1. The average molecular weight is 246 g/mol. The molecule has 2 aliphatic rings. The van der Waals surface area contributed by atoms with Gasteiger partial charge in [0.2, 0.25) is 0 Å². The van der Waals surface area contributed by atoms with Crippen molar-refractivity contribution in [1.82, 2.24) is 4.90 Å². The Kier molecular flexibility index (Phi) is 2.38. The minimum atomic E-state index is -0.252. The number of benzene rings is 1. The number of likely N-dealkylation sites (N-methyl/N-ethyl adjacent to an activating group) is 1. The van der Waals surface area contributed by atoms with Crippen LogP contribution in [-0.2, 0) is 11.8 Å². The number of fused-ring (bicyclic) bond motifs is 4. The standard InChI is InChI=1S/C14H18N2O2/c1-14-5-6-16(2)12(13(14)15-18)7-9-3-4-10(17)8-11(9)14/h3-4,8,12,17-18H,5-7H2,1-2H3. The van der Waals surface area contributed by atoms with Gasteiger partial charge in [-0.25, -0.2) is 0 Å². The van der Waals surface area contributed by atoms with E-state index in [-0.39, 0.29) is 17.2 Å². The van der Waals surface area contributed by atoms with Crippen LogP contribution in [0.5, 0.6) is 5.75 Å². The summed E-state index contributed by atoms with van der Waals surface area (Å²) in [6.07, 6.45) is 1.76. The van der Waals surface area contributed by atoms with Crippen LogP contribution in [0.25, 0.3) is 0 Å². The molecular weight excluding hydrogens is 228 g/mol. The molecule has 2 N–H and O–H groups in total. The second-order valence-corrected chi connectivity index (χ2v) is 5.61. The van der Waals surface area contributed by atoms with Crippen molar-refractivity contribution in [3.05, 3.63) is 29.3 Å². The SMILES string of the molecule is CN1CCC2(C)C(=NO)C1Cc1ccc(O)cc12. The number of aromatic hydroxyl groups is 1. The topological polar surface area (TPSA) is 56.1 Å². The number of oxime groups is 1. The molecule has 1 heterocycles. The Labute approximate surface area is 107 Å². The molecule has 1 saturated heterocycles. The summed E-state index contributed by atoms with van der Waals surface area (Å²) in [6.45, 7) is 3.09. The molecule has 1 aliphatic heterocycles. The number of rotatable bonds is 0. The summed E-state index contributed by atoms with van der Waals surface area (Å²) >= 11 is 0. The van der Waals surface area contributed by atoms with Crippen LogP contribution in [0.4, 0.5) is 0 Å². The Balaban J connectivity index is 2.22. The van der Waals surface area contributed by atoms with E-state index in [1.807, 2.05) is 12.1 Å². The third-order valence-electron chi connectivity index (χ3n) is 4.59. The van der Waals surface area contributed by atoms with E-state index < -0.39 is 0 Å². The van der Waals surface area contributed by atoms with Gasteiger partial charge in [-0.3, -0.25) is 4.90 Å². The number of hydrogen-bond acceptors (Lipinski definition) is 4. The Hall–Kier alpha value is -1.55. The van der Waals surface area contributed by atoms with Crippen LogP contribution in [0.15, 0.2) is 23.4 Å². The first-order valence-corrected chi connectivity index (χ1v) is 6.31. The van der Waals surface area contributed by atoms with Crippen molar-refractivity contribution in [2.24, 2.45) is 5.16 Å². The van der Waals surface area contributed by atoms with E-state index in [4.69, 9.17) is 0 Å². The predicted molar refractivity (Wildman–Crippen MR) is 69.4 cm³/mol. The predicted octanol–water partition coefficient (Wildman–Crippen LogP) is 1.74. The lowest BCUT2D eigenvalue weighted by atomic mass is 9.63. The number of likely N-dealkylation sites (tertiary alicyclic amines) is 1. The van der Waals surface area contributed by atoms with Crippen molar-refractivity contribution in [1.29, 1.82) is 0 Å². The third kappa shape index (κ3) is 1.38. The van der Waals surface area contributed by atoms with Gasteiger partial charge in [-0.05, 0) is 56.6 Å². The van der Waals surface area contributed by atoms with Gasteiger partial charge in [0.1, 0.15) is 5.75 Å². The summed E-state index contributed by atoms with van der Waals surface area (Å²) in [4.78, 5) is 2.24. The lowest BCUT2D eigenvalue weighted by molar-refractivity contribution is 0.209. The summed E-state index contributed by atoms with van der Waals surface area (Å²) < 4.78 is 0. The Morgan fingerprint density at radius 3 is 2.94 bits per heavy atom. The smallest absolute Gasteiger partial charge is 0.115 e. The maximum Gasteiger partial charge on any atom is 0.115 e. The molecule has 4 nitrogen and oxygen atoms in total. The van der Waals surface area contributed by atoms with Gasteiger partial charge in [-0.1, -0.05) is 11.2 Å². The van der Waals surface area contributed by atoms with Crippen molar-refractivity contribution >= 4 is 5.71 Å². The molecule has 1 fully saturated rings. The van der Waals surface area contributed by atoms with Gasteiger partial charge >= 0.3 is 0 Å². The van der Waals surface area contributed by atoms with Crippen LogP contribution in [-0.4, -0.2) is 40.6 Å². The molecule has 3 rings (SSSR count). The van der Waals surface area contributed by atoms with Crippen LogP contribution in [0.1, 0.15) is 24.5 Å². The molecular formula is C14H18N2O2. The zero-order valence-corrected chi connectivity index (χ0v) is 10.7. The first-order chi connectivity index (χ1) is 8.56. The second-order valence-electron chi connectivity index (χ2n) is 5.61. The molecule has 1 aromatic carbocycles. The van der Waals surface area contributed by atoms with Crippen molar-refractivity contribution in [3.8, 4) is 5.75 Å². The number of hydrogen-bond donors (Lipinski definition) is 2. The Bertz CT molecular complexity index is 527. The van der Waals surface area contributed by atoms with Crippen molar-refractivity contribution in [2.45, 2.75) is 31.2 Å². The third-order valence-corrected chi connectivity index (χ3v) is 4.59. The van der Waals surface area contributed by atoms with Crippen LogP contribution in [0.3, 0.4) is 0 Å². The summed E-state index contributed by atoms with van der Waals surface area (Å²) in [5, 5.41) is 22.6. The van der Waals surface area contributed by atoms with E-state index >= 15 is 0 Å². The molecule has 0 aromatic heterocycles. The molecule has 1 aliphatic carbocycles. The van der Waals surface area contributed by atoms with Gasteiger partial charge < -0.3 is 10.3 Å². The molecule has 2 unspecified atom stereocenters. The molecule has 18 heavy (non-hydrogen) atoms. The Morgan fingerprint density at radius 1 is 1.44 bits per heavy atom. The zero-order chi connectivity index (χ0) is 12.9. The first kappa shape index (κ1) is 11.5. The minimum Gasteiger partial charge on any atom is -0.508 e. The van der Waals surface area contributed by atoms with Crippen LogP contribution < -0.4 is 0 Å². The van der Waals surface area contributed by atoms with Gasteiger partial charge in [0.25, 0.3) is 0 Å². The van der Waals surface area contributed by atoms with Gasteiger partial charge in [0.05, 0.1) is 11.8 Å². The van der Waals surface area contributed by atoms with E-state index in [2.05, 4.69) is 24.0 Å². The quantitative estimate of drug-likeness (QED) is 0.541. The molecule has 4 heteroatoms. The molecule has 0 radical (unpaired) electrons. The zero-order valence-electron chi connectivity index (χ0n) is 10.7. The molecule has 96 valence electrons. The lowest BCUT2D eigenvalue weighted by Crippen LogP contribution is -2.58. The van der Waals surface area contributed by atoms with E-state index in [0.29, 0.717) is 0 Å². The highest BCUT2D eigenvalue weighted by atomic mass is 16.4. The fraction of sp³-hybridized carbons (Fsp3) is 0.500. The summed E-state index contributed by atoms with van der Waals surface area (Å²) in [5.41, 5.74) is 2.94. The summed E-state index contributed by atoms with van der Waals surface area (Å²) in [5.74, 6) is 0.282. The van der Waals surface area contributed by atoms with Crippen molar-refractivity contribution < 1.29 is 10.3 Å². The molecule has 0 saturated carbocycles. The van der Waals surface area contributed by atoms with E-state index in [1.165, 1.54) is 5.56 Å². The fourth-order valence-electron chi connectivity index (χ4n) is 3.43. The van der Waals surface area contributed by atoms with E-state index in [0.717, 1.165) is 30.7 Å². The van der Waals surface area contributed by atoms with Gasteiger partial charge in [0.15, 0.2) is 0 Å². The molecule has 2 bridgehead atoms. The maximum absolute atomic E-state index is 9.70. The number of nitrogens with zero attached hydrogens (tertiary/aromatic N) is 2. The van der Waals surface area contributed by atoms with Gasteiger partial charge in [-0.15, -0.1) is 0 Å². The monoisotopic (exact) mass is 246 g/mol. The number of phenolic OH excluding ortho intramolecular Hbond substituents is 1. The minimum absolute atomic E-state index is 0.172. The summed E-state index contributed by atoms with van der Waals surface area (Å²) in [6, 6.07) is 5.72. The molecule has 1 aromatic rings. The van der Waals surface area contributed by atoms with E-state index in [1.54, 1.807) is 6.07 Å². The highest BCUT2D eigenvalue weighted by Gasteiger charge is 2.47. The van der Waals surface area contributed by atoms with Gasteiger partial charge in [0, 0.05) is 5.41 Å². The van der Waals surface area contributed by atoms with Crippen LogP contribution in [0, 0.1) is 0 Å². The number of phenols is 1.